The van der Waals surface area contributed by atoms with Gasteiger partial charge < -0.3 is 4.74 Å². The van der Waals surface area contributed by atoms with E-state index < -0.39 is 0 Å². The van der Waals surface area contributed by atoms with E-state index in [-0.39, 0.29) is 0 Å². The van der Waals surface area contributed by atoms with Crippen LogP contribution in [0.5, 0.6) is 5.88 Å². The van der Waals surface area contributed by atoms with Gasteiger partial charge in [-0.25, -0.2) is 4.98 Å². The highest BCUT2D eigenvalue weighted by molar-refractivity contribution is 7.80. The summed E-state index contributed by atoms with van der Waals surface area (Å²) in [6, 6.07) is 9.81. The topological polar surface area (TPSA) is 22.1 Å². The number of thiol groups is 1. The van der Waals surface area contributed by atoms with Gasteiger partial charge in [-0.05, 0) is 24.3 Å². The van der Waals surface area contributed by atoms with Gasteiger partial charge in [0.2, 0.25) is 5.88 Å². The monoisotopic (exact) mass is 243 g/mol. The average molecular weight is 243 g/mol. The molecule has 3 heteroatoms. The van der Waals surface area contributed by atoms with Crippen molar-refractivity contribution in [2.45, 2.75) is 6.42 Å². The number of hydrogen-bond acceptors (Lipinski definition) is 3. The van der Waals surface area contributed by atoms with Crippen LogP contribution in [0.4, 0.5) is 0 Å². The van der Waals surface area contributed by atoms with Crippen LogP contribution >= 0.6 is 12.6 Å². The second-order valence-corrected chi connectivity index (χ2v) is 3.98. The molecular weight excluding hydrogens is 230 g/mol. The van der Waals surface area contributed by atoms with Crippen molar-refractivity contribution < 1.29 is 4.74 Å². The molecule has 86 valence electrons. The summed E-state index contributed by atoms with van der Waals surface area (Å²) in [5.41, 5.74) is 1.93. The molecule has 0 spiro atoms. The van der Waals surface area contributed by atoms with E-state index in [9.17, 15) is 0 Å². The van der Waals surface area contributed by atoms with Crippen LogP contribution in [0, 0.1) is 11.8 Å². The minimum absolute atomic E-state index is 0.631. The molecule has 0 amide bonds. The standard InChI is InChI=1S/C14H13NOS/c1-16-14-8-6-12-10-11(4-2-3-9-17)5-7-13(12)15-14/h5-8,10,17H,3,9H2,1H3. The Bertz CT molecular complexity index is 584. The highest BCUT2D eigenvalue weighted by Crippen LogP contribution is 2.17. The van der Waals surface area contributed by atoms with Gasteiger partial charge in [0.15, 0.2) is 0 Å². The molecule has 1 aromatic heterocycles. The van der Waals surface area contributed by atoms with Gasteiger partial charge in [0.05, 0.1) is 12.6 Å². The van der Waals surface area contributed by atoms with E-state index in [1.165, 1.54) is 0 Å². The first-order valence-electron chi connectivity index (χ1n) is 5.38. The lowest BCUT2D eigenvalue weighted by Gasteiger charge is -2.01. The molecular formula is C14H13NOS. The number of aromatic nitrogens is 1. The summed E-state index contributed by atoms with van der Waals surface area (Å²) >= 11 is 4.12. The number of hydrogen-bond donors (Lipinski definition) is 1. The zero-order valence-electron chi connectivity index (χ0n) is 9.60. The fourth-order valence-electron chi connectivity index (χ4n) is 1.52. The molecule has 1 aromatic carbocycles. The lowest BCUT2D eigenvalue weighted by molar-refractivity contribution is 0.399. The SMILES string of the molecule is COc1ccc2cc(C#CCCS)ccc2n1. The average Bonchev–Trinajstić information content (AvgIpc) is 2.38. The molecule has 2 nitrogen and oxygen atoms in total. The van der Waals surface area contributed by atoms with Crippen molar-refractivity contribution in [1.82, 2.24) is 4.98 Å². The van der Waals surface area contributed by atoms with Crippen LogP contribution in [-0.2, 0) is 0 Å². The molecule has 0 atom stereocenters. The Labute approximate surface area is 106 Å². The third-order valence-electron chi connectivity index (χ3n) is 2.34. The Kier molecular flexibility index (Phi) is 3.89. The van der Waals surface area contributed by atoms with E-state index >= 15 is 0 Å². The molecule has 2 rings (SSSR count). The molecule has 17 heavy (non-hydrogen) atoms. The second kappa shape index (κ2) is 5.60. The van der Waals surface area contributed by atoms with Crippen molar-refractivity contribution in [3.8, 4) is 17.7 Å². The third-order valence-corrected chi connectivity index (χ3v) is 2.57. The fraction of sp³-hybridized carbons (Fsp3) is 0.214. The van der Waals surface area contributed by atoms with Gasteiger partial charge in [0.1, 0.15) is 0 Å². The Morgan fingerprint density at radius 1 is 1.29 bits per heavy atom. The predicted octanol–water partition coefficient (Wildman–Crippen LogP) is 2.91. The first-order valence-corrected chi connectivity index (χ1v) is 6.01. The van der Waals surface area contributed by atoms with Gasteiger partial charge in [-0.2, -0.15) is 12.6 Å². The zero-order valence-corrected chi connectivity index (χ0v) is 10.5. The van der Waals surface area contributed by atoms with Crippen LogP contribution in [0.2, 0.25) is 0 Å². The molecule has 1 heterocycles. The number of pyridine rings is 1. The fourth-order valence-corrected chi connectivity index (χ4v) is 1.63. The van der Waals surface area contributed by atoms with Gasteiger partial charge in [-0.1, -0.05) is 11.8 Å². The van der Waals surface area contributed by atoms with Crippen molar-refractivity contribution in [2.75, 3.05) is 12.9 Å². The van der Waals surface area contributed by atoms with Crippen molar-refractivity contribution in [3.05, 3.63) is 35.9 Å². The molecule has 0 saturated carbocycles. The Hall–Kier alpha value is -1.66. The summed E-state index contributed by atoms with van der Waals surface area (Å²) in [5.74, 6) is 7.60. The quantitative estimate of drug-likeness (QED) is 0.647. The Morgan fingerprint density at radius 3 is 2.94 bits per heavy atom. The number of ether oxygens (including phenoxy) is 1. The largest absolute Gasteiger partial charge is 0.481 e. The van der Waals surface area contributed by atoms with Crippen LogP contribution in [0.25, 0.3) is 10.9 Å². The predicted molar refractivity (Wildman–Crippen MR) is 73.6 cm³/mol. The van der Waals surface area contributed by atoms with Crippen LogP contribution in [0.1, 0.15) is 12.0 Å². The molecule has 0 radical (unpaired) electrons. The van der Waals surface area contributed by atoms with Gasteiger partial charge in [0, 0.05) is 29.2 Å². The van der Waals surface area contributed by atoms with Crippen LogP contribution < -0.4 is 4.74 Å². The lowest BCUT2D eigenvalue weighted by atomic mass is 10.1. The molecule has 0 fully saturated rings. The molecule has 0 N–H and O–H groups in total. The molecule has 2 aromatic rings. The number of nitrogens with zero attached hydrogens (tertiary/aromatic N) is 1. The van der Waals surface area contributed by atoms with E-state index in [0.717, 1.165) is 28.6 Å². The van der Waals surface area contributed by atoms with Crippen molar-refractivity contribution in [1.29, 1.82) is 0 Å². The smallest absolute Gasteiger partial charge is 0.213 e. The molecule has 0 bridgehead atoms. The van der Waals surface area contributed by atoms with Crippen molar-refractivity contribution >= 4 is 23.5 Å². The van der Waals surface area contributed by atoms with E-state index in [4.69, 9.17) is 4.74 Å². The number of benzene rings is 1. The third kappa shape index (κ3) is 2.92. The maximum Gasteiger partial charge on any atom is 0.213 e. The van der Waals surface area contributed by atoms with Gasteiger partial charge in [-0.15, -0.1) is 0 Å². The number of rotatable bonds is 2. The van der Waals surface area contributed by atoms with E-state index in [1.807, 2.05) is 30.3 Å². The zero-order chi connectivity index (χ0) is 12.1. The summed E-state index contributed by atoms with van der Waals surface area (Å²) in [7, 11) is 1.62. The maximum atomic E-state index is 5.08. The summed E-state index contributed by atoms with van der Waals surface area (Å²) < 4.78 is 5.08. The highest BCUT2D eigenvalue weighted by atomic mass is 32.1. The van der Waals surface area contributed by atoms with Gasteiger partial charge >= 0.3 is 0 Å². The summed E-state index contributed by atoms with van der Waals surface area (Å²) in [6.07, 6.45) is 0.808. The van der Waals surface area contributed by atoms with Crippen molar-refractivity contribution in [3.63, 3.8) is 0 Å². The first-order chi connectivity index (χ1) is 8.33. The Balaban J connectivity index is 2.36. The molecule has 0 unspecified atom stereocenters. The second-order valence-electron chi connectivity index (χ2n) is 3.54. The van der Waals surface area contributed by atoms with Crippen molar-refractivity contribution in [2.24, 2.45) is 0 Å². The summed E-state index contributed by atoms with van der Waals surface area (Å²) in [4.78, 5) is 4.35. The van der Waals surface area contributed by atoms with Gasteiger partial charge in [-0.3, -0.25) is 0 Å². The first kappa shape index (κ1) is 11.8. The highest BCUT2D eigenvalue weighted by Gasteiger charge is 1.98. The minimum Gasteiger partial charge on any atom is -0.481 e. The van der Waals surface area contributed by atoms with E-state index in [2.05, 4.69) is 29.5 Å². The molecule has 0 aliphatic heterocycles. The van der Waals surface area contributed by atoms with Gasteiger partial charge in [0.25, 0.3) is 0 Å². The van der Waals surface area contributed by atoms with Crippen LogP contribution in [0.15, 0.2) is 30.3 Å². The van der Waals surface area contributed by atoms with Crippen LogP contribution in [-0.4, -0.2) is 17.8 Å². The molecule has 0 aliphatic rings. The number of methoxy groups -OCH3 is 1. The maximum absolute atomic E-state index is 5.08. The molecule has 0 aliphatic carbocycles. The van der Waals surface area contributed by atoms with E-state index in [0.29, 0.717) is 5.88 Å². The minimum atomic E-state index is 0.631. The summed E-state index contributed by atoms with van der Waals surface area (Å²) in [5, 5.41) is 1.07. The number of fused-ring (bicyclic) bond motifs is 1. The summed E-state index contributed by atoms with van der Waals surface area (Å²) in [6.45, 7) is 0. The lowest BCUT2D eigenvalue weighted by Crippen LogP contribution is -1.88. The normalized spacial score (nSPS) is 9.76. The van der Waals surface area contributed by atoms with E-state index in [1.54, 1.807) is 7.11 Å². The van der Waals surface area contributed by atoms with Crippen LogP contribution in [0.3, 0.4) is 0 Å². The molecule has 0 saturated heterocycles. The Morgan fingerprint density at radius 2 is 2.18 bits per heavy atom.